The predicted octanol–water partition coefficient (Wildman–Crippen LogP) is 2.40. The van der Waals surface area contributed by atoms with E-state index in [2.05, 4.69) is 5.32 Å². The number of aryl methyl sites for hydroxylation is 1. The summed E-state index contributed by atoms with van der Waals surface area (Å²) in [6.45, 7) is 2.18. The molecule has 0 unspecified atom stereocenters. The van der Waals surface area contributed by atoms with E-state index in [0.29, 0.717) is 5.56 Å². The summed E-state index contributed by atoms with van der Waals surface area (Å²) in [4.78, 5) is 25.6. The van der Waals surface area contributed by atoms with Crippen molar-refractivity contribution < 1.29 is 18.7 Å². The van der Waals surface area contributed by atoms with Gasteiger partial charge in [0.15, 0.2) is 11.6 Å². The number of carbonyl (C=O) groups excluding carboxylic acids is 2. The number of rotatable bonds is 7. The van der Waals surface area contributed by atoms with Crippen molar-refractivity contribution in [2.24, 2.45) is 0 Å². The Kier molecular flexibility index (Phi) is 6.51. The highest BCUT2D eigenvalue weighted by atomic mass is 19.1. The molecule has 6 heteroatoms. The molecule has 0 heterocycles. The second-order valence-corrected chi connectivity index (χ2v) is 5.59. The summed E-state index contributed by atoms with van der Waals surface area (Å²) in [5.74, 6) is -0.834. The molecule has 2 aromatic carbocycles. The van der Waals surface area contributed by atoms with Crippen molar-refractivity contribution in [2.75, 3.05) is 26.7 Å². The number of para-hydroxylation sites is 1. The quantitative estimate of drug-likeness (QED) is 0.839. The molecule has 0 radical (unpaired) electrons. The molecule has 2 amide bonds. The van der Waals surface area contributed by atoms with E-state index >= 15 is 0 Å². The average molecular weight is 344 g/mol. The second-order valence-electron chi connectivity index (χ2n) is 5.59. The fourth-order valence-corrected chi connectivity index (χ4v) is 2.19. The molecule has 2 rings (SSSR count). The summed E-state index contributed by atoms with van der Waals surface area (Å²) >= 11 is 0. The summed E-state index contributed by atoms with van der Waals surface area (Å²) in [5.41, 5.74) is 1.39. The van der Waals surface area contributed by atoms with Gasteiger partial charge < -0.3 is 15.0 Å². The molecule has 0 fully saturated rings. The number of carbonyl (C=O) groups is 2. The van der Waals surface area contributed by atoms with Crippen LogP contribution in [0.2, 0.25) is 0 Å². The van der Waals surface area contributed by atoms with Gasteiger partial charge in [0.25, 0.3) is 5.91 Å². The summed E-state index contributed by atoms with van der Waals surface area (Å²) in [7, 11) is 1.60. The molecule has 5 nitrogen and oxygen atoms in total. The van der Waals surface area contributed by atoms with E-state index in [1.807, 2.05) is 19.1 Å². The van der Waals surface area contributed by atoms with Gasteiger partial charge in [0.2, 0.25) is 5.91 Å². The number of hydrogen-bond donors (Lipinski definition) is 1. The maximum absolute atomic E-state index is 13.4. The van der Waals surface area contributed by atoms with Gasteiger partial charge >= 0.3 is 0 Å². The molecule has 0 atom stereocenters. The Bertz CT molecular complexity index is 749. The maximum Gasteiger partial charge on any atom is 0.251 e. The summed E-state index contributed by atoms with van der Waals surface area (Å²) in [5, 5.41) is 2.61. The van der Waals surface area contributed by atoms with Gasteiger partial charge in [0.1, 0.15) is 6.61 Å². The lowest BCUT2D eigenvalue weighted by molar-refractivity contribution is -0.129. The Morgan fingerprint density at radius 1 is 1.12 bits per heavy atom. The highest BCUT2D eigenvalue weighted by Crippen LogP contribution is 2.15. The van der Waals surface area contributed by atoms with Crippen LogP contribution in [0.3, 0.4) is 0 Å². The van der Waals surface area contributed by atoms with E-state index in [1.165, 1.54) is 17.0 Å². The lowest BCUT2D eigenvalue weighted by atomic mass is 10.1. The SMILES string of the molecule is Cc1ccccc1C(=O)NCC(=O)N(C)CCOc1ccccc1F. The van der Waals surface area contributed by atoms with E-state index in [0.717, 1.165) is 5.56 Å². The number of nitrogens with zero attached hydrogens (tertiary/aromatic N) is 1. The molecular weight excluding hydrogens is 323 g/mol. The molecule has 0 bridgehead atoms. The molecule has 0 saturated carbocycles. The van der Waals surface area contributed by atoms with Gasteiger partial charge in [0, 0.05) is 12.6 Å². The summed E-state index contributed by atoms with van der Waals surface area (Å²) in [6.07, 6.45) is 0. The van der Waals surface area contributed by atoms with Crippen LogP contribution in [0.1, 0.15) is 15.9 Å². The van der Waals surface area contributed by atoms with Crippen LogP contribution >= 0.6 is 0 Å². The molecule has 0 aliphatic heterocycles. The van der Waals surface area contributed by atoms with Gasteiger partial charge in [-0.1, -0.05) is 30.3 Å². The highest BCUT2D eigenvalue weighted by molar-refractivity contribution is 5.97. The van der Waals surface area contributed by atoms with Gasteiger partial charge in [-0.2, -0.15) is 0 Å². The van der Waals surface area contributed by atoms with E-state index in [1.54, 1.807) is 31.3 Å². The first kappa shape index (κ1) is 18.4. The van der Waals surface area contributed by atoms with E-state index in [-0.39, 0.29) is 37.3 Å². The van der Waals surface area contributed by atoms with Crippen molar-refractivity contribution in [2.45, 2.75) is 6.92 Å². The Labute approximate surface area is 146 Å². The molecule has 1 N–H and O–H groups in total. The molecular formula is C19H21FN2O3. The first-order chi connectivity index (χ1) is 12.0. The molecule has 0 aliphatic rings. The fourth-order valence-electron chi connectivity index (χ4n) is 2.19. The van der Waals surface area contributed by atoms with E-state index in [4.69, 9.17) is 4.74 Å². The monoisotopic (exact) mass is 344 g/mol. The van der Waals surface area contributed by atoms with Crippen LogP contribution in [0, 0.1) is 12.7 Å². The third-order valence-corrected chi connectivity index (χ3v) is 3.74. The molecule has 0 spiro atoms. The zero-order chi connectivity index (χ0) is 18.2. The molecule has 132 valence electrons. The topological polar surface area (TPSA) is 58.6 Å². The van der Waals surface area contributed by atoms with Crippen LogP contribution in [0.25, 0.3) is 0 Å². The number of ether oxygens (including phenoxy) is 1. The summed E-state index contributed by atoms with van der Waals surface area (Å²) < 4.78 is 18.7. The van der Waals surface area contributed by atoms with Crippen molar-refractivity contribution in [3.8, 4) is 5.75 Å². The van der Waals surface area contributed by atoms with Gasteiger partial charge in [-0.25, -0.2) is 4.39 Å². The maximum atomic E-state index is 13.4. The van der Waals surface area contributed by atoms with Crippen LogP contribution in [0.4, 0.5) is 4.39 Å². The van der Waals surface area contributed by atoms with Gasteiger partial charge in [-0.05, 0) is 30.7 Å². The molecule has 0 aliphatic carbocycles. The van der Waals surface area contributed by atoms with E-state index in [9.17, 15) is 14.0 Å². The van der Waals surface area contributed by atoms with Crippen LogP contribution < -0.4 is 10.1 Å². The highest BCUT2D eigenvalue weighted by Gasteiger charge is 2.13. The molecule has 0 saturated heterocycles. The van der Waals surface area contributed by atoms with Crippen molar-refractivity contribution in [1.82, 2.24) is 10.2 Å². The first-order valence-electron chi connectivity index (χ1n) is 7.94. The van der Waals surface area contributed by atoms with Crippen molar-refractivity contribution >= 4 is 11.8 Å². The van der Waals surface area contributed by atoms with Crippen LogP contribution in [0.15, 0.2) is 48.5 Å². The Morgan fingerprint density at radius 3 is 2.52 bits per heavy atom. The average Bonchev–Trinajstić information content (AvgIpc) is 2.61. The number of benzene rings is 2. The van der Waals surface area contributed by atoms with E-state index < -0.39 is 5.82 Å². The van der Waals surface area contributed by atoms with Crippen molar-refractivity contribution in [3.05, 3.63) is 65.5 Å². The van der Waals surface area contributed by atoms with Gasteiger partial charge in [0.05, 0.1) is 13.1 Å². The second kappa shape index (κ2) is 8.82. The predicted molar refractivity (Wildman–Crippen MR) is 93.0 cm³/mol. The number of nitrogens with one attached hydrogen (secondary N) is 1. The minimum absolute atomic E-state index is 0.108. The lowest BCUT2D eigenvalue weighted by Crippen LogP contribution is -2.39. The van der Waals surface area contributed by atoms with Gasteiger partial charge in [-0.3, -0.25) is 9.59 Å². The van der Waals surface area contributed by atoms with Crippen LogP contribution in [-0.2, 0) is 4.79 Å². The molecule has 0 aromatic heterocycles. The molecule has 2 aromatic rings. The Hall–Kier alpha value is -2.89. The minimum atomic E-state index is -0.443. The standard InChI is InChI=1S/C19H21FN2O3/c1-14-7-3-4-8-15(14)19(24)21-13-18(23)22(2)11-12-25-17-10-6-5-9-16(17)20/h3-10H,11-13H2,1-2H3,(H,21,24). The largest absolute Gasteiger partial charge is 0.489 e. The molecule has 25 heavy (non-hydrogen) atoms. The zero-order valence-corrected chi connectivity index (χ0v) is 14.3. The van der Waals surface area contributed by atoms with Gasteiger partial charge in [-0.15, -0.1) is 0 Å². The smallest absolute Gasteiger partial charge is 0.251 e. The Morgan fingerprint density at radius 2 is 1.80 bits per heavy atom. The normalized spacial score (nSPS) is 10.2. The lowest BCUT2D eigenvalue weighted by Gasteiger charge is -2.18. The minimum Gasteiger partial charge on any atom is -0.489 e. The van der Waals surface area contributed by atoms with Crippen LogP contribution in [0.5, 0.6) is 5.75 Å². The van der Waals surface area contributed by atoms with Crippen molar-refractivity contribution in [3.63, 3.8) is 0 Å². The third-order valence-electron chi connectivity index (χ3n) is 3.74. The third kappa shape index (κ3) is 5.31. The fraction of sp³-hybridized carbons (Fsp3) is 0.263. The number of likely N-dealkylation sites (N-methyl/N-ethyl adjacent to an activating group) is 1. The number of hydrogen-bond acceptors (Lipinski definition) is 3. The number of amides is 2. The van der Waals surface area contributed by atoms with Crippen LogP contribution in [-0.4, -0.2) is 43.5 Å². The first-order valence-corrected chi connectivity index (χ1v) is 7.94. The van der Waals surface area contributed by atoms with Crippen molar-refractivity contribution in [1.29, 1.82) is 0 Å². The zero-order valence-electron chi connectivity index (χ0n) is 14.3. The summed E-state index contributed by atoms with van der Waals surface area (Å²) in [6, 6.07) is 13.3. The number of halogens is 1. The Balaban J connectivity index is 1.76.